The summed E-state index contributed by atoms with van der Waals surface area (Å²) in [5.41, 5.74) is 4.58. The fraction of sp³-hybridized carbons (Fsp3) is 0.519. The average molecular weight is 422 g/mol. The molecule has 3 aliphatic rings. The van der Waals surface area contributed by atoms with Gasteiger partial charge >= 0.3 is 5.97 Å². The maximum atomic E-state index is 12.7. The average Bonchev–Trinajstić information content (AvgIpc) is 2.78. The van der Waals surface area contributed by atoms with Crippen molar-refractivity contribution in [3.8, 4) is 11.1 Å². The minimum Gasteiger partial charge on any atom is -0.461 e. The van der Waals surface area contributed by atoms with Gasteiger partial charge in [-0.15, -0.1) is 0 Å². The molecule has 31 heavy (non-hydrogen) atoms. The number of carbonyl (C=O) groups excluding carboxylic acids is 1. The van der Waals surface area contributed by atoms with Crippen LogP contribution < -0.4 is 0 Å². The Balaban J connectivity index is 1.36. The van der Waals surface area contributed by atoms with Gasteiger partial charge in [-0.3, -0.25) is 9.69 Å². The second kappa shape index (κ2) is 9.54. The van der Waals surface area contributed by atoms with E-state index in [1.807, 2.05) is 0 Å². The zero-order chi connectivity index (χ0) is 21.8. The summed E-state index contributed by atoms with van der Waals surface area (Å²) in [5.74, 6) is 0.483. The topological polar surface area (TPSA) is 38.8 Å². The lowest BCUT2D eigenvalue weighted by Crippen LogP contribution is -2.52. The molecule has 3 fully saturated rings. The van der Waals surface area contributed by atoms with Crippen LogP contribution in [0.4, 0.5) is 0 Å². The number of hydrogen-bond donors (Lipinski definition) is 0. The number of fused-ring (bicyclic) bond motifs is 3. The van der Waals surface area contributed by atoms with Gasteiger partial charge in [0.1, 0.15) is 6.10 Å². The van der Waals surface area contributed by atoms with Gasteiger partial charge in [0.15, 0.2) is 0 Å². The number of piperidine rings is 3. The van der Waals surface area contributed by atoms with Gasteiger partial charge in [-0.05, 0) is 60.5 Å². The molecule has 166 valence electrons. The Morgan fingerprint density at radius 3 is 2.16 bits per heavy atom. The molecule has 3 heterocycles. The fourth-order valence-corrected chi connectivity index (χ4v) is 4.92. The van der Waals surface area contributed by atoms with Gasteiger partial charge in [0.25, 0.3) is 0 Å². The van der Waals surface area contributed by atoms with E-state index >= 15 is 0 Å². The predicted molar refractivity (Wildman–Crippen MR) is 124 cm³/mol. The van der Waals surface area contributed by atoms with Gasteiger partial charge in [0, 0.05) is 19.1 Å². The van der Waals surface area contributed by atoms with Crippen LogP contribution in [0.15, 0.2) is 48.5 Å². The summed E-state index contributed by atoms with van der Waals surface area (Å²) in [4.78, 5) is 15.1. The fourth-order valence-electron chi connectivity index (χ4n) is 4.92. The Morgan fingerprint density at radius 2 is 1.61 bits per heavy atom. The van der Waals surface area contributed by atoms with Gasteiger partial charge in [-0.25, -0.2) is 0 Å². The highest BCUT2D eigenvalue weighted by Gasteiger charge is 2.37. The molecule has 0 aromatic heterocycles. The first-order chi connectivity index (χ1) is 14.9. The predicted octanol–water partition coefficient (Wildman–Crippen LogP) is 4.85. The number of benzene rings is 2. The highest BCUT2D eigenvalue weighted by Crippen LogP contribution is 2.33. The van der Waals surface area contributed by atoms with Crippen molar-refractivity contribution in [3.63, 3.8) is 0 Å². The molecule has 4 heteroatoms. The number of rotatable bonds is 8. The molecule has 0 saturated carbocycles. The molecular formula is C27H35NO3. The Labute approximate surface area is 186 Å². The SMILES string of the molecule is COCCc1ccc(-c2ccc(C(C)(C)CC(=O)OC3CN4CCC3CC4)cc2)cc1. The number of esters is 1. The molecule has 3 aliphatic heterocycles. The Hall–Kier alpha value is -2.17. The van der Waals surface area contributed by atoms with E-state index in [2.05, 4.69) is 67.3 Å². The molecule has 0 aliphatic carbocycles. The molecule has 4 nitrogen and oxygen atoms in total. The lowest BCUT2D eigenvalue weighted by Gasteiger charge is -2.44. The van der Waals surface area contributed by atoms with Crippen LogP contribution in [-0.2, 0) is 26.1 Å². The zero-order valence-electron chi connectivity index (χ0n) is 19.1. The largest absolute Gasteiger partial charge is 0.461 e. The molecule has 2 bridgehead atoms. The first kappa shape index (κ1) is 22.0. The van der Waals surface area contributed by atoms with Crippen molar-refractivity contribution in [2.75, 3.05) is 33.4 Å². The van der Waals surface area contributed by atoms with Gasteiger partial charge in [0.2, 0.25) is 0 Å². The molecule has 1 unspecified atom stereocenters. The van der Waals surface area contributed by atoms with E-state index < -0.39 is 0 Å². The van der Waals surface area contributed by atoms with Crippen LogP contribution in [0.25, 0.3) is 11.1 Å². The molecule has 3 saturated heterocycles. The number of nitrogens with zero attached hydrogens (tertiary/aromatic N) is 1. The molecule has 5 rings (SSSR count). The van der Waals surface area contributed by atoms with Crippen molar-refractivity contribution in [2.45, 2.75) is 51.0 Å². The standard InChI is InChI=1S/C27H35NO3/c1-27(2,18-26(29)31-25-19-28-15-12-23(25)13-16-28)24-10-8-22(9-11-24)21-6-4-20(5-7-21)14-17-30-3/h4-11,23,25H,12-19H2,1-3H3. The molecule has 1 atom stereocenters. The maximum Gasteiger partial charge on any atom is 0.306 e. The summed E-state index contributed by atoms with van der Waals surface area (Å²) >= 11 is 0. The van der Waals surface area contributed by atoms with E-state index in [4.69, 9.17) is 9.47 Å². The highest BCUT2D eigenvalue weighted by molar-refractivity contribution is 5.72. The van der Waals surface area contributed by atoms with Crippen molar-refractivity contribution in [2.24, 2.45) is 5.92 Å². The van der Waals surface area contributed by atoms with Gasteiger partial charge in [-0.1, -0.05) is 62.4 Å². The van der Waals surface area contributed by atoms with Crippen LogP contribution in [0.2, 0.25) is 0 Å². The van der Waals surface area contributed by atoms with Crippen LogP contribution in [-0.4, -0.2) is 50.3 Å². The minimum absolute atomic E-state index is 0.0699. The van der Waals surface area contributed by atoms with E-state index in [1.54, 1.807) is 7.11 Å². The third-order valence-corrected chi connectivity index (χ3v) is 7.01. The van der Waals surface area contributed by atoms with Crippen molar-refractivity contribution >= 4 is 5.97 Å². The lowest BCUT2D eigenvalue weighted by molar-refractivity contribution is -0.160. The van der Waals surface area contributed by atoms with Crippen molar-refractivity contribution in [3.05, 3.63) is 59.7 Å². The number of carbonyl (C=O) groups is 1. The third-order valence-electron chi connectivity index (χ3n) is 7.01. The van der Waals surface area contributed by atoms with Gasteiger partial charge in [0.05, 0.1) is 13.0 Å². The van der Waals surface area contributed by atoms with Gasteiger partial charge in [-0.2, -0.15) is 0 Å². The second-order valence-corrected chi connectivity index (χ2v) is 9.74. The van der Waals surface area contributed by atoms with Crippen LogP contribution >= 0.6 is 0 Å². The van der Waals surface area contributed by atoms with E-state index in [1.165, 1.54) is 22.3 Å². The third kappa shape index (κ3) is 5.36. The second-order valence-electron chi connectivity index (χ2n) is 9.74. The molecule has 0 spiro atoms. The number of ether oxygens (including phenoxy) is 2. The molecule has 2 aromatic rings. The van der Waals surface area contributed by atoms with Crippen LogP contribution in [0.1, 0.15) is 44.2 Å². The van der Waals surface area contributed by atoms with Crippen LogP contribution in [0.3, 0.4) is 0 Å². The van der Waals surface area contributed by atoms with Gasteiger partial charge < -0.3 is 9.47 Å². The summed E-state index contributed by atoms with van der Waals surface area (Å²) in [6.45, 7) is 8.23. The molecule has 0 radical (unpaired) electrons. The molecular weight excluding hydrogens is 386 g/mol. The lowest BCUT2D eigenvalue weighted by atomic mass is 9.81. The maximum absolute atomic E-state index is 12.7. The summed E-state index contributed by atoms with van der Waals surface area (Å²) in [6.07, 6.45) is 3.75. The molecule has 2 aromatic carbocycles. The van der Waals surface area contributed by atoms with Crippen LogP contribution in [0, 0.1) is 5.92 Å². The Bertz CT molecular complexity index is 864. The highest BCUT2D eigenvalue weighted by atomic mass is 16.5. The number of hydrogen-bond acceptors (Lipinski definition) is 4. The first-order valence-corrected chi connectivity index (χ1v) is 11.6. The monoisotopic (exact) mass is 421 g/mol. The minimum atomic E-state index is -0.256. The number of methoxy groups -OCH3 is 1. The van der Waals surface area contributed by atoms with Crippen molar-refractivity contribution in [1.29, 1.82) is 0 Å². The summed E-state index contributed by atoms with van der Waals surface area (Å²) < 4.78 is 11.1. The summed E-state index contributed by atoms with van der Waals surface area (Å²) in [7, 11) is 1.73. The van der Waals surface area contributed by atoms with Crippen LogP contribution in [0.5, 0.6) is 0 Å². The Kier molecular flexibility index (Phi) is 6.78. The van der Waals surface area contributed by atoms with Crippen molar-refractivity contribution in [1.82, 2.24) is 4.90 Å². The van der Waals surface area contributed by atoms with Crippen molar-refractivity contribution < 1.29 is 14.3 Å². The quantitative estimate of drug-likeness (QED) is 0.571. The first-order valence-electron chi connectivity index (χ1n) is 11.6. The van der Waals surface area contributed by atoms with E-state index in [-0.39, 0.29) is 17.5 Å². The Morgan fingerprint density at radius 1 is 1.00 bits per heavy atom. The summed E-state index contributed by atoms with van der Waals surface area (Å²) in [6, 6.07) is 17.3. The molecule has 0 N–H and O–H groups in total. The van der Waals surface area contributed by atoms with E-state index in [0.29, 0.717) is 12.3 Å². The summed E-state index contributed by atoms with van der Waals surface area (Å²) in [5, 5.41) is 0. The van der Waals surface area contributed by atoms with E-state index in [0.717, 1.165) is 45.5 Å². The zero-order valence-corrected chi connectivity index (χ0v) is 19.1. The van der Waals surface area contributed by atoms with E-state index in [9.17, 15) is 4.79 Å². The molecule has 0 amide bonds. The normalized spacial score (nSPS) is 23.0. The smallest absolute Gasteiger partial charge is 0.306 e.